The molecule has 2 aromatic carbocycles. The molecule has 0 spiro atoms. The Hall–Kier alpha value is -2.63. The molecule has 0 bridgehead atoms. The summed E-state index contributed by atoms with van der Waals surface area (Å²) < 4.78 is 34.2. The number of rotatable bonds is 5. The number of carbonyl (C=O) groups excluding carboxylic acids is 1. The van der Waals surface area contributed by atoms with E-state index in [0.29, 0.717) is 13.1 Å². The van der Waals surface area contributed by atoms with E-state index in [1.54, 1.807) is 17.0 Å². The van der Waals surface area contributed by atoms with E-state index in [1.807, 2.05) is 37.3 Å². The normalized spacial score (nSPS) is 20.3. The molecule has 1 saturated heterocycles. The Labute approximate surface area is 138 Å². The zero-order chi connectivity index (χ0) is 17.2. The van der Waals surface area contributed by atoms with Crippen molar-refractivity contribution in [3.63, 3.8) is 0 Å². The van der Waals surface area contributed by atoms with Crippen molar-refractivity contribution in [1.29, 1.82) is 0 Å². The number of carbonyl (C=O) groups is 1. The second-order valence-electron chi connectivity index (χ2n) is 5.84. The summed E-state index contributed by atoms with van der Waals surface area (Å²) in [5.74, 6) is 0.0897. The molecule has 0 N–H and O–H groups in total. The molecule has 0 saturated carbocycles. The van der Waals surface area contributed by atoms with Crippen molar-refractivity contribution in [2.75, 3.05) is 6.54 Å². The summed E-state index contributed by atoms with van der Waals surface area (Å²) in [6.45, 7) is -0.211. The van der Waals surface area contributed by atoms with Crippen molar-refractivity contribution in [3.05, 3.63) is 65.7 Å². The van der Waals surface area contributed by atoms with Gasteiger partial charge in [-0.2, -0.15) is 8.78 Å². The highest BCUT2D eigenvalue weighted by molar-refractivity contribution is 5.71. The van der Waals surface area contributed by atoms with E-state index >= 15 is 0 Å². The minimum Gasteiger partial charge on any atom is -0.436 e. The lowest BCUT2D eigenvalue weighted by Gasteiger charge is -2.22. The van der Waals surface area contributed by atoms with Crippen LogP contribution in [0.5, 0.6) is 5.75 Å². The number of nitrogens with zero attached hydrogens (tertiary/aromatic N) is 1. The Kier molecular flexibility index (Phi) is 4.38. The largest absolute Gasteiger partial charge is 0.436 e. The minimum absolute atomic E-state index is 0.0897. The fraction of sp³-hybridized carbons (Fsp3) is 0.278. The molecular weight excluding hydrogens is 316 g/mol. The third-order valence-electron chi connectivity index (χ3n) is 3.97. The molecule has 0 aliphatic carbocycles. The lowest BCUT2D eigenvalue weighted by Crippen LogP contribution is -2.29. The summed E-state index contributed by atoms with van der Waals surface area (Å²) in [6, 6.07) is 15.8. The summed E-state index contributed by atoms with van der Waals surface area (Å²) >= 11 is 0. The van der Waals surface area contributed by atoms with Crippen LogP contribution in [0.15, 0.2) is 54.6 Å². The van der Waals surface area contributed by atoms with Crippen molar-refractivity contribution in [2.24, 2.45) is 0 Å². The zero-order valence-electron chi connectivity index (χ0n) is 13.1. The van der Waals surface area contributed by atoms with Crippen LogP contribution < -0.4 is 4.74 Å². The summed E-state index contributed by atoms with van der Waals surface area (Å²) in [5.41, 5.74) is 1.05. The predicted molar refractivity (Wildman–Crippen MR) is 83.8 cm³/mol. The van der Waals surface area contributed by atoms with Gasteiger partial charge in [-0.3, -0.25) is 4.90 Å². The maximum absolute atomic E-state index is 12.2. The Morgan fingerprint density at radius 1 is 1.17 bits per heavy atom. The van der Waals surface area contributed by atoms with Crippen LogP contribution in [0.2, 0.25) is 0 Å². The fourth-order valence-corrected chi connectivity index (χ4v) is 2.78. The molecule has 3 rings (SSSR count). The van der Waals surface area contributed by atoms with E-state index in [1.165, 1.54) is 12.1 Å². The van der Waals surface area contributed by atoms with Gasteiger partial charge in [-0.25, -0.2) is 4.79 Å². The van der Waals surface area contributed by atoms with Gasteiger partial charge in [0, 0.05) is 6.54 Å². The molecule has 1 aliphatic rings. The van der Waals surface area contributed by atoms with Crippen molar-refractivity contribution in [3.8, 4) is 5.75 Å². The molecule has 1 heterocycles. The average molecular weight is 333 g/mol. The molecule has 1 atom stereocenters. The third kappa shape index (κ3) is 3.48. The number of amides is 1. The van der Waals surface area contributed by atoms with Crippen LogP contribution in [0.4, 0.5) is 13.6 Å². The van der Waals surface area contributed by atoms with E-state index in [4.69, 9.17) is 4.74 Å². The summed E-state index contributed by atoms with van der Waals surface area (Å²) in [6.07, 6.45) is -0.394. The summed E-state index contributed by atoms with van der Waals surface area (Å²) in [4.78, 5) is 13.8. The molecule has 4 nitrogen and oxygen atoms in total. The van der Waals surface area contributed by atoms with Crippen LogP contribution in [-0.2, 0) is 16.9 Å². The highest BCUT2D eigenvalue weighted by Gasteiger charge is 2.42. The van der Waals surface area contributed by atoms with Gasteiger partial charge in [0.15, 0.2) is 5.60 Å². The molecule has 0 radical (unpaired) electrons. The van der Waals surface area contributed by atoms with Gasteiger partial charge in [-0.1, -0.05) is 42.5 Å². The van der Waals surface area contributed by atoms with Crippen LogP contribution >= 0.6 is 0 Å². The molecule has 24 heavy (non-hydrogen) atoms. The fourth-order valence-electron chi connectivity index (χ4n) is 2.78. The number of alkyl halides is 2. The number of cyclic esters (lactones) is 1. The molecule has 126 valence electrons. The molecule has 6 heteroatoms. The molecule has 0 aromatic heterocycles. The van der Waals surface area contributed by atoms with Crippen molar-refractivity contribution >= 4 is 6.09 Å². The van der Waals surface area contributed by atoms with Gasteiger partial charge in [0.25, 0.3) is 0 Å². The van der Waals surface area contributed by atoms with Crippen molar-refractivity contribution < 1.29 is 23.0 Å². The lowest BCUT2D eigenvalue weighted by molar-refractivity contribution is -0.0498. The maximum Gasteiger partial charge on any atom is 0.411 e. The Balaban J connectivity index is 1.69. The van der Waals surface area contributed by atoms with Gasteiger partial charge >= 0.3 is 12.7 Å². The summed E-state index contributed by atoms with van der Waals surface area (Å²) in [5, 5.41) is 0. The van der Waals surface area contributed by atoms with Crippen LogP contribution in [-0.4, -0.2) is 24.1 Å². The monoisotopic (exact) mass is 333 g/mol. The number of ether oxygens (including phenoxy) is 2. The van der Waals surface area contributed by atoms with Gasteiger partial charge in [-0.15, -0.1) is 0 Å². The van der Waals surface area contributed by atoms with Crippen molar-refractivity contribution in [2.45, 2.75) is 25.7 Å². The van der Waals surface area contributed by atoms with Gasteiger partial charge in [-0.05, 0) is 30.2 Å². The average Bonchev–Trinajstić information content (AvgIpc) is 2.85. The molecular formula is C18H17F2NO3. The van der Waals surface area contributed by atoms with E-state index in [9.17, 15) is 13.6 Å². The second kappa shape index (κ2) is 6.47. The summed E-state index contributed by atoms with van der Waals surface area (Å²) in [7, 11) is 0. The van der Waals surface area contributed by atoms with E-state index in [-0.39, 0.29) is 5.75 Å². The Morgan fingerprint density at radius 2 is 1.83 bits per heavy atom. The van der Waals surface area contributed by atoms with Crippen molar-refractivity contribution in [1.82, 2.24) is 4.90 Å². The first-order valence-electron chi connectivity index (χ1n) is 7.53. The number of benzene rings is 2. The zero-order valence-corrected chi connectivity index (χ0v) is 13.1. The quantitative estimate of drug-likeness (QED) is 0.825. The first kappa shape index (κ1) is 16.2. The first-order valence-corrected chi connectivity index (χ1v) is 7.53. The van der Waals surface area contributed by atoms with Gasteiger partial charge in [0.1, 0.15) is 5.75 Å². The van der Waals surface area contributed by atoms with E-state index < -0.39 is 18.3 Å². The Morgan fingerprint density at radius 3 is 2.46 bits per heavy atom. The van der Waals surface area contributed by atoms with E-state index in [0.717, 1.165) is 11.1 Å². The molecule has 2 aromatic rings. The van der Waals surface area contributed by atoms with Gasteiger partial charge in [0.05, 0.1) is 6.54 Å². The van der Waals surface area contributed by atoms with Crippen LogP contribution in [0.25, 0.3) is 0 Å². The molecule has 1 amide bonds. The lowest BCUT2D eigenvalue weighted by atomic mass is 9.96. The highest BCUT2D eigenvalue weighted by atomic mass is 19.3. The van der Waals surface area contributed by atoms with Crippen LogP contribution in [0, 0.1) is 0 Å². The maximum atomic E-state index is 12.2. The van der Waals surface area contributed by atoms with Crippen LogP contribution in [0.1, 0.15) is 18.1 Å². The Bertz CT molecular complexity index is 706. The standard InChI is InChI=1S/C18H17F2NO3/c1-18(14-5-3-2-4-6-14)12-21(17(22)24-18)11-13-7-9-15(10-8-13)23-16(19)20/h2-10,16H,11-12H2,1H3/t18-/m0/s1. The predicted octanol–water partition coefficient (Wildman–Crippen LogP) is 4.16. The molecule has 0 unspecified atom stereocenters. The number of hydrogen-bond acceptors (Lipinski definition) is 3. The third-order valence-corrected chi connectivity index (χ3v) is 3.97. The molecule has 1 aliphatic heterocycles. The first-order chi connectivity index (χ1) is 11.5. The number of halogens is 2. The second-order valence-corrected chi connectivity index (χ2v) is 5.84. The SMILES string of the molecule is C[C@@]1(c2ccccc2)CN(Cc2ccc(OC(F)F)cc2)C(=O)O1. The molecule has 1 fully saturated rings. The van der Waals surface area contributed by atoms with Gasteiger partial charge < -0.3 is 9.47 Å². The van der Waals surface area contributed by atoms with Crippen LogP contribution in [0.3, 0.4) is 0 Å². The highest BCUT2D eigenvalue weighted by Crippen LogP contribution is 2.33. The number of hydrogen-bond donors (Lipinski definition) is 0. The van der Waals surface area contributed by atoms with Gasteiger partial charge in [0.2, 0.25) is 0 Å². The minimum atomic E-state index is -2.85. The van der Waals surface area contributed by atoms with E-state index in [2.05, 4.69) is 4.74 Å². The smallest absolute Gasteiger partial charge is 0.411 e. The topological polar surface area (TPSA) is 38.8 Å².